The maximum Gasteiger partial charge on any atom is 0.166 e. The average Bonchev–Trinajstić information content (AvgIpc) is 2.46. The monoisotopic (exact) mass is 244 g/mol. The Bertz CT molecular complexity index is 508. The Morgan fingerprint density at radius 2 is 1.61 bits per heavy atom. The topological polar surface area (TPSA) is 38.7 Å². The third-order valence-corrected chi connectivity index (χ3v) is 2.84. The molecule has 2 rings (SSSR count). The number of rotatable bonds is 4. The molecule has 0 fully saturated rings. The van der Waals surface area contributed by atoms with E-state index >= 15 is 0 Å². The zero-order chi connectivity index (χ0) is 13.0. The van der Waals surface area contributed by atoms with Crippen LogP contribution < -0.4 is 9.47 Å². The van der Waals surface area contributed by atoms with Gasteiger partial charge < -0.3 is 14.6 Å². The number of aliphatic hydroxyl groups is 1. The fraction of sp³-hybridized carbons (Fsp3) is 0.200. The van der Waals surface area contributed by atoms with E-state index in [1.165, 1.54) is 0 Å². The molecule has 18 heavy (non-hydrogen) atoms. The smallest absolute Gasteiger partial charge is 0.166 e. The molecular formula is C15H16O3. The molecule has 0 aliphatic rings. The maximum atomic E-state index is 10.4. The number of aliphatic hydroxyl groups excluding tert-OH is 1. The van der Waals surface area contributed by atoms with Gasteiger partial charge in [0.25, 0.3) is 0 Å². The van der Waals surface area contributed by atoms with Gasteiger partial charge >= 0.3 is 0 Å². The van der Waals surface area contributed by atoms with Gasteiger partial charge in [-0.1, -0.05) is 42.5 Å². The van der Waals surface area contributed by atoms with Crippen LogP contribution >= 0.6 is 0 Å². The van der Waals surface area contributed by atoms with E-state index in [4.69, 9.17) is 9.47 Å². The highest BCUT2D eigenvalue weighted by atomic mass is 16.5. The normalized spacial score (nSPS) is 11.9. The molecule has 0 saturated carbocycles. The van der Waals surface area contributed by atoms with Crippen molar-refractivity contribution in [3.8, 4) is 11.5 Å². The van der Waals surface area contributed by atoms with E-state index in [9.17, 15) is 5.11 Å². The van der Waals surface area contributed by atoms with Crippen LogP contribution in [-0.2, 0) is 0 Å². The quantitative estimate of drug-likeness (QED) is 0.898. The zero-order valence-corrected chi connectivity index (χ0v) is 10.5. The Kier molecular flexibility index (Phi) is 3.85. The van der Waals surface area contributed by atoms with E-state index in [0.29, 0.717) is 17.1 Å². The Hall–Kier alpha value is -2.00. The molecule has 2 aromatic rings. The summed E-state index contributed by atoms with van der Waals surface area (Å²) >= 11 is 0. The molecule has 0 unspecified atom stereocenters. The molecule has 0 amide bonds. The molecule has 0 aliphatic carbocycles. The van der Waals surface area contributed by atoms with Crippen molar-refractivity contribution >= 4 is 0 Å². The van der Waals surface area contributed by atoms with E-state index in [2.05, 4.69) is 0 Å². The molecular weight excluding hydrogens is 228 g/mol. The molecule has 94 valence electrons. The second-order valence-electron chi connectivity index (χ2n) is 3.90. The van der Waals surface area contributed by atoms with Crippen LogP contribution in [-0.4, -0.2) is 19.3 Å². The van der Waals surface area contributed by atoms with Gasteiger partial charge in [0.1, 0.15) is 6.10 Å². The fourth-order valence-electron chi connectivity index (χ4n) is 1.94. The van der Waals surface area contributed by atoms with Gasteiger partial charge in [0.05, 0.1) is 14.2 Å². The van der Waals surface area contributed by atoms with Gasteiger partial charge in [0.2, 0.25) is 0 Å². The van der Waals surface area contributed by atoms with Crippen LogP contribution in [0.25, 0.3) is 0 Å². The maximum absolute atomic E-state index is 10.4. The molecule has 1 atom stereocenters. The van der Waals surface area contributed by atoms with E-state index in [1.807, 2.05) is 42.5 Å². The summed E-state index contributed by atoms with van der Waals surface area (Å²) in [6, 6.07) is 14.9. The van der Waals surface area contributed by atoms with Gasteiger partial charge in [-0.25, -0.2) is 0 Å². The summed E-state index contributed by atoms with van der Waals surface area (Å²) in [6.07, 6.45) is -0.726. The molecule has 0 bridgehead atoms. The summed E-state index contributed by atoms with van der Waals surface area (Å²) in [4.78, 5) is 0. The predicted octanol–water partition coefficient (Wildman–Crippen LogP) is 2.79. The molecule has 0 heterocycles. The van der Waals surface area contributed by atoms with Crippen molar-refractivity contribution in [3.63, 3.8) is 0 Å². The minimum absolute atomic E-state index is 0.566. The van der Waals surface area contributed by atoms with Crippen LogP contribution in [0.3, 0.4) is 0 Å². The van der Waals surface area contributed by atoms with Gasteiger partial charge in [-0.05, 0) is 11.6 Å². The first-order valence-corrected chi connectivity index (χ1v) is 5.71. The highest BCUT2D eigenvalue weighted by Crippen LogP contribution is 2.36. The summed E-state index contributed by atoms with van der Waals surface area (Å²) in [5, 5.41) is 10.4. The highest BCUT2D eigenvalue weighted by molar-refractivity contribution is 5.49. The number of methoxy groups -OCH3 is 2. The minimum atomic E-state index is -0.726. The van der Waals surface area contributed by atoms with Crippen LogP contribution in [0.15, 0.2) is 48.5 Å². The Labute approximate surface area is 107 Å². The Balaban J connectivity index is 2.45. The van der Waals surface area contributed by atoms with Gasteiger partial charge in [-0.15, -0.1) is 0 Å². The lowest BCUT2D eigenvalue weighted by Crippen LogP contribution is -2.03. The molecule has 2 aromatic carbocycles. The Morgan fingerprint density at radius 1 is 0.889 bits per heavy atom. The lowest BCUT2D eigenvalue weighted by molar-refractivity contribution is 0.213. The van der Waals surface area contributed by atoms with Crippen LogP contribution in [0.2, 0.25) is 0 Å². The first-order chi connectivity index (χ1) is 8.77. The molecule has 3 heteroatoms. The van der Waals surface area contributed by atoms with Gasteiger partial charge in [-0.2, -0.15) is 0 Å². The van der Waals surface area contributed by atoms with E-state index in [0.717, 1.165) is 5.56 Å². The van der Waals surface area contributed by atoms with Crippen LogP contribution in [0, 0.1) is 0 Å². The van der Waals surface area contributed by atoms with Crippen LogP contribution in [0.5, 0.6) is 11.5 Å². The first-order valence-electron chi connectivity index (χ1n) is 5.71. The van der Waals surface area contributed by atoms with Crippen molar-refractivity contribution in [2.24, 2.45) is 0 Å². The molecule has 0 aliphatic heterocycles. The molecule has 0 saturated heterocycles. The number of hydrogen-bond acceptors (Lipinski definition) is 3. The number of para-hydroxylation sites is 1. The molecule has 0 radical (unpaired) electrons. The summed E-state index contributed by atoms with van der Waals surface area (Å²) in [7, 11) is 3.15. The molecule has 0 aromatic heterocycles. The van der Waals surface area contributed by atoms with Crippen molar-refractivity contribution in [2.75, 3.05) is 14.2 Å². The van der Waals surface area contributed by atoms with Gasteiger partial charge in [0, 0.05) is 5.56 Å². The third-order valence-electron chi connectivity index (χ3n) is 2.84. The minimum Gasteiger partial charge on any atom is -0.493 e. The van der Waals surface area contributed by atoms with Crippen molar-refractivity contribution in [1.82, 2.24) is 0 Å². The molecule has 0 spiro atoms. The van der Waals surface area contributed by atoms with Crippen LogP contribution in [0.1, 0.15) is 17.2 Å². The second kappa shape index (κ2) is 5.56. The standard InChI is InChI=1S/C15H16O3/c1-17-13-10-6-9-12(15(13)18-2)14(16)11-7-4-3-5-8-11/h3-10,14,16H,1-2H3/t14-/m0/s1. The predicted molar refractivity (Wildman–Crippen MR) is 70.0 cm³/mol. The molecule has 3 nitrogen and oxygen atoms in total. The largest absolute Gasteiger partial charge is 0.493 e. The number of hydrogen-bond donors (Lipinski definition) is 1. The van der Waals surface area contributed by atoms with Gasteiger partial charge in [0.15, 0.2) is 11.5 Å². The van der Waals surface area contributed by atoms with Gasteiger partial charge in [-0.3, -0.25) is 0 Å². The van der Waals surface area contributed by atoms with Crippen molar-refractivity contribution < 1.29 is 14.6 Å². The SMILES string of the molecule is COc1cccc([C@@H](O)c2ccccc2)c1OC. The lowest BCUT2D eigenvalue weighted by atomic mass is 10.0. The fourth-order valence-corrected chi connectivity index (χ4v) is 1.94. The summed E-state index contributed by atoms with van der Waals surface area (Å²) < 4.78 is 10.6. The lowest BCUT2D eigenvalue weighted by Gasteiger charge is -2.17. The van der Waals surface area contributed by atoms with E-state index in [1.54, 1.807) is 20.3 Å². The molecule has 1 N–H and O–H groups in total. The van der Waals surface area contributed by atoms with Crippen molar-refractivity contribution in [3.05, 3.63) is 59.7 Å². The first kappa shape index (κ1) is 12.5. The summed E-state index contributed by atoms with van der Waals surface area (Å²) in [5.74, 6) is 1.18. The number of benzene rings is 2. The number of ether oxygens (including phenoxy) is 2. The zero-order valence-electron chi connectivity index (χ0n) is 10.5. The second-order valence-corrected chi connectivity index (χ2v) is 3.90. The van der Waals surface area contributed by atoms with E-state index < -0.39 is 6.10 Å². The van der Waals surface area contributed by atoms with E-state index in [-0.39, 0.29) is 0 Å². The van der Waals surface area contributed by atoms with Crippen molar-refractivity contribution in [1.29, 1.82) is 0 Å². The van der Waals surface area contributed by atoms with Crippen molar-refractivity contribution in [2.45, 2.75) is 6.10 Å². The highest BCUT2D eigenvalue weighted by Gasteiger charge is 2.18. The van der Waals surface area contributed by atoms with Crippen LogP contribution in [0.4, 0.5) is 0 Å². The third kappa shape index (κ3) is 2.31. The average molecular weight is 244 g/mol. The summed E-state index contributed by atoms with van der Waals surface area (Å²) in [6.45, 7) is 0. The summed E-state index contributed by atoms with van der Waals surface area (Å²) in [5.41, 5.74) is 1.52. The Morgan fingerprint density at radius 3 is 2.22 bits per heavy atom.